The third-order valence-electron chi connectivity index (χ3n) is 3.67. The van der Waals surface area contributed by atoms with Crippen LogP contribution >= 0.6 is 11.8 Å². The van der Waals surface area contributed by atoms with Gasteiger partial charge in [0, 0.05) is 0 Å². The fraction of sp³-hybridized carbons (Fsp3) is 0.200. The standard InChI is InChI=1S/C20H19NO4S/c1-2-24-17-10-6-7-15(13-17)14-18-19(22)21(20(23)26-18)11-12-25-16-8-4-3-5-9-16/h3-10,13-14H,2,11-12H2,1H3/b18-14-. The van der Waals surface area contributed by atoms with E-state index < -0.39 is 0 Å². The summed E-state index contributed by atoms with van der Waals surface area (Å²) in [4.78, 5) is 26.3. The van der Waals surface area contributed by atoms with E-state index in [1.807, 2.05) is 61.5 Å². The number of hydrogen-bond donors (Lipinski definition) is 0. The van der Waals surface area contributed by atoms with E-state index in [1.54, 1.807) is 6.08 Å². The summed E-state index contributed by atoms with van der Waals surface area (Å²) >= 11 is 0.944. The number of nitrogens with zero attached hydrogens (tertiary/aromatic N) is 1. The molecule has 0 aliphatic carbocycles. The maximum Gasteiger partial charge on any atom is 0.293 e. The third kappa shape index (κ3) is 4.46. The second-order valence-electron chi connectivity index (χ2n) is 5.50. The highest BCUT2D eigenvalue weighted by Crippen LogP contribution is 2.32. The van der Waals surface area contributed by atoms with Crippen LogP contribution in [0.4, 0.5) is 4.79 Å². The van der Waals surface area contributed by atoms with Crippen LogP contribution in [0.1, 0.15) is 12.5 Å². The fourth-order valence-electron chi connectivity index (χ4n) is 2.48. The van der Waals surface area contributed by atoms with E-state index in [1.165, 1.54) is 4.90 Å². The van der Waals surface area contributed by atoms with Crippen LogP contribution in [0.15, 0.2) is 59.5 Å². The minimum atomic E-state index is -0.293. The number of rotatable bonds is 7. The zero-order chi connectivity index (χ0) is 18.4. The van der Waals surface area contributed by atoms with Crippen molar-refractivity contribution in [1.29, 1.82) is 0 Å². The van der Waals surface area contributed by atoms with Crippen LogP contribution in [0.5, 0.6) is 11.5 Å². The summed E-state index contributed by atoms with van der Waals surface area (Å²) in [5.41, 5.74) is 0.821. The Morgan fingerprint density at radius 3 is 2.54 bits per heavy atom. The van der Waals surface area contributed by atoms with Gasteiger partial charge < -0.3 is 9.47 Å². The van der Waals surface area contributed by atoms with Gasteiger partial charge >= 0.3 is 0 Å². The zero-order valence-corrected chi connectivity index (χ0v) is 15.2. The molecule has 1 saturated heterocycles. The van der Waals surface area contributed by atoms with Gasteiger partial charge in [-0.05, 0) is 54.6 Å². The zero-order valence-electron chi connectivity index (χ0n) is 14.4. The lowest BCUT2D eigenvalue weighted by Crippen LogP contribution is -2.32. The van der Waals surface area contributed by atoms with Crippen molar-refractivity contribution >= 4 is 29.0 Å². The Morgan fingerprint density at radius 1 is 1.00 bits per heavy atom. The highest BCUT2D eigenvalue weighted by Gasteiger charge is 2.34. The molecule has 5 nitrogen and oxygen atoms in total. The third-order valence-corrected chi connectivity index (χ3v) is 4.57. The molecule has 0 N–H and O–H groups in total. The molecule has 134 valence electrons. The molecule has 2 aromatic carbocycles. The Bertz CT molecular complexity index is 820. The summed E-state index contributed by atoms with van der Waals surface area (Å²) in [7, 11) is 0. The highest BCUT2D eigenvalue weighted by atomic mass is 32.2. The molecule has 3 rings (SSSR count). The SMILES string of the molecule is CCOc1cccc(/C=C2\SC(=O)N(CCOc3ccccc3)C2=O)c1. The van der Waals surface area contributed by atoms with Crippen molar-refractivity contribution in [2.75, 3.05) is 19.8 Å². The number of carbonyl (C=O) groups is 2. The van der Waals surface area contributed by atoms with Gasteiger partial charge in [0.1, 0.15) is 18.1 Å². The molecule has 0 spiro atoms. The molecule has 2 amide bonds. The molecule has 1 aliphatic heterocycles. The average molecular weight is 369 g/mol. The van der Waals surface area contributed by atoms with E-state index in [0.29, 0.717) is 17.3 Å². The van der Waals surface area contributed by atoms with Crippen molar-refractivity contribution in [3.05, 3.63) is 65.1 Å². The van der Waals surface area contributed by atoms with Gasteiger partial charge in [-0.3, -0.25) is 14.5 Å². The quantitative estimate of drug-likeness (QED) is 0.685. The number of carbonyl (C=O) groups excluding carboxylic acids is 2. The first-order valence-electron chi connectivity index (χ1n) is 8.33. The summed E-state index contributed by atoms with van der Waals surface area (Å²) in [5, 5.41) is -0.279. The summed E-state index contributed by atoms with van der Waals surface area (Å²) in [6.07, 6.45) is 1.71. The summed E-state index contributed by atoms with van der Waals surface area (Å²) in [6, 6.07) is 16.7. The molecule has 1 aliphatic rings. The van der Waals surface area contributed by atoms with Crippen molar-refractivity contribution in [2.24, 2.45) is 0 Å². The summed E-state index contributed by atoms with van der Waals surface area (Å²) in [6.45, 7) is 2.96. The molecule has 0 radical (unpaired) electrons. The number of imide groups is 1. The predicted molar refractivity (Wildman–Crippen MR) is 102 cm³/mol. The molecule has 0 atom stereocenters. The maximum atomic E-state index is 12.5. The molecule has 0 unspecified atom stereocenters. The van der Waals surface area contributed by atoms with Crippen LogP contribution < -0.4 is 9.47 Å². The molecule has 6 heteroatoms. The van der Waals surface area contributed by atoms with Crippen molar-refractivity contribution in [2.45, 2.75) is 6.92 Å². The number of ether oxygens (including phenoxy) is 2. The number of benzene rings is 2. The molecule has 2 aromatic rings. The molecular weight excluding hydrogens is 350 g/mol. The number of amides is 2. The van der Waals surface area contributed by atoms with Crippen LogP contribution in [0.25, 0.3) is 6.08 Å². The van der Waals surface area contributed by atoms with E-state index in [4.69, 9.17) is 9.47 Å². The minimum absolute atomic E-state index is 0.218. The lowest BCUT2D eigenvalue weighted by atomic mass is 10.2. The largest absolute Gasteiger partial charge is 0.494 e. The molecule has 26 heavy (non-hydrogen) atoms. The second kappa shape index (κ2) is 8.58. The molecule has 1 fully saturated rings. The molecule has 0 aromatic heterocycles. The Kier molecular flexibility index (Phi) is 5.96. The molecular formula is C20H19NO4S. The van der Waals surface area contributed by atoms with Crippen LogP contribution in [0.3, 0.4) is 0 Å². The van der Waals surface area contributed by atoms with Crippen LogP contribution in [-0.2, 0) is 4.79 Å². The Morgan fingerprint density at radius 2 is 1.77 bits per heavy atom. The average Bonchev–Trinajstić information content (AvgIpc) is 2.90. The van der Waals surface area contributed by atoms with Gasteiger partial charge in [0.15, 0.2) is 0 Å². The van der Waals surface area contributed by atoms with Crippen molar-refractivity contribution in [1.82, 2.24) is 4.90 Å². The van der Waals surface area contributed by atoms with Gasteiger partial charge in [-0.25, -0.2) is 0 Å². The van der Waals surface area contributed by atoms with Gasteiger partial charge in [0.05, 0.1) is 18.1 Å². The monoisotopic (exact) mass is 369 g/mol. The highest BCUT2D eigenvalue weighted by molar-refractivity contribution is 8.18. The van der Waals surface area contributed by atoms with E-state index >= 15 is 0 Å². The van der Waals surface area contributed by atoms with Gasteiger partial charge in [-0.1, -0.05) is 30.3 Å². The summed E-state index contributed by atoms with van der Waals surface area (Å²) in [5.74, 6) is 1.15. The van der Waals surface area contributed by atoms with Crippen molar-refractivity contribution in [3.8, 4) is 11.5 Å². The minimum Gasteiger partial charge on any atom is -0.494 e. The first kappa shape index (κ1) is 18.1. The van der Waals surface area contributed by atoms with E-state index in [-0.39, 0.29) is 24.3 Å². The van der Waals surface area contributed by atoms with Gasteiger partial charge in [0.2, 0.25) is 0 Å². The van der Waals surface area contributed by atoms with Gasteiger partial charge in [-0.2, -0.15) is 0 Å². The van der Waals surface area contributed by atoms with Gasteiger partial charge in [0.25, 0.3) is 11.1 Å². The van der Waals surface area contributed by atoms with E-state index in [0.717, 1.165) is 23.1 Å². The summed E-state index contributed by atoms with van der Waals surface area (Å²) < 4.78 is 11.0. The van der Waals surface area contributed by atoms with Crippen molar-refractivity contribution in [3.63, 3.8) is 0 Å². The normalized spacial score (nSPS) is 15.6. The van der Waals surface area contributed by atoms with Crippen LogP contribution in [-0.4, -0.2) is 35.8 Å². The molecule has 0 bridgehead atoms. The Labute approximate surface area is 156 Å². The second-order valence-corrected chi connectivity index (χ2v) is 6.49. The predicted octanol–water partition coefficient (Wildman–Crippen LogP) is 4.20. The molecule has 0 saturated carbocycles. The fourth-order valence-corrected chi connectivity index (χ4v) is 3.34. The Balaban J connectivity index is 1.63. The van der Waals surface area contributed by atoms with Gasteiger partial charge in [-0.15, -0.1) is 0 Å². The first-order valence-corrected chi connectivity index (χ1v) is 9.15. The lowest BCUT2D eigenvalue weighted by Gasteiger charge is -2.13. The van der Waals surface area contributed by atoms with E-state index in [9.17, 15) is 9.59 Å². The first-order chi connectivity index (χ1) is 12.7. The van der Waals surface area contributed by atoms with E-state index in [2.05, 4.69) is 0 Å². The van der Waals surface area contributed by atoms with Crippen molar-refractivity contribution < 1.29 is 19.1 Å². The van der Waals surface area contributed by atoms with Crippen LogP contribution in [0, 0.1) is 0 Å². The lowest BCUT2D eigenvalue weighted by molar-refractivity contribution is -0.123. The smallest absolute Gasteiger partial charge is 0.293 e. The topological polar surface area (TPSA) is 55.8 Å². The molecule has 1 heterocycles. The maximum absolute atomic E-state index is 12.5. The number of thioether (sulfide) groups is 1. The Hall–Kier alpha value is -2.73. The van der Waals surface area contributed by atoms with Crippen LogP contribution in [0.2, 0.25) is 0 Å². The number of hydrogen-bond acceptors (Lipinski definition) is 5. The number of para-hydroxylation sites is 1.